The fourth-order valence-electron chi connectivity index (χ4n) is 2.52. The van der Waals surface area contributed by atoms with Crippen LogP contribution >= 0.6 is 12.4 Å². The SMILES string of the molecule is COC(=O)c1cccc(CN2CCCC2CN)c1.Cl. The third kappa shape index (κ3) is 3.93. The molecule has 0 aliphatic carbocycles. The lowest BCUT2D eigenvalue weighted by Gasteiger charge is -2.23. The van der Waals surface area contributed by atoms with Gasteiger partial charge in [0, 0.05) is 19.1 Å². The highest BCUT2D eigenvalue weighted by atomic mass is 35.5. The summed E-state index contributed by atoms with van der Waals surface area (Å²) in [6.45, 7) is 2.65. The van der Waals surface area contributed by atoms with Crippen LogP contribution in [0.2, 0.25) is 0 Å². The molecule has 19 heavy (non-hydrogen) atoms. The van der Waals surface area contributed by atoms with E-state index in [0.29, 0.717) is 18.2 Å². The zero-order valence-corrected chi connectivity index (χ0v) is 12.0. The Morgan fingerprint density at radius 2 is 2.32 bits per heavy atom. The lowest BCUT2D eigenvalue weighted by atomic mass is 10.1. The molecule has 2 rings (SSSR count). The molecule has 1 saturated heterocycles. The van der Waals surface area contributed by atoms with Crippen molar-refractivity contribution in [2.75, 3.05) is 20.2 Å². The summed E-state index contributed by atoms with van der Waals surface area (Å²) in [5.74, 6) is -0.284. The zero-order chi connectivity index (χ0) is 13.0. The highest BCUT2D eigenvalue weighted by Gasteiger charge is 2.23. The minimum atomic E-state index is -0.284. The normalized spacial score (nSPS) is 18.9. The van der Waals surface area contributed by atoms with E-state index in [4.69, 9.17) is 10.5 Å². The van der Waals surface area contributed by atoms with Crippen molar-refractivity contribution in [2.45, 2.75) is 25.4 Å². The highest BCUT2D eigenvalue weighted by molar-refractivity contribution is 5.89. The van der Waals surface area contributed by atoms with Gasteiger partial charge in [0.25, 0.3) is 0 Å². The molecule has 1 atom stereocenters. The van der Waals surface area contributed by atoms with Crippen molar-refractivity contribution in [1.29, 1.82) is 0 Å². The topological polar surface area (TPSA) is 55.6 Å². The van der Waals surface area contributed by atoms with Gasteiger partial charge < -0.3 is 10.5 Å². The van der Waals surface area contributed by atoms with E-state index in [9.17, 15) is 4.79 Å². The van der Waals surface area contributed by atoms with Gasteiger partial charge in [0.1, 0.15) is 0 Å². The highest BCUT2D eigenvalue weighted by Crippen LogP contribution is 2.19. The second-order valence-electron chi connectivity index (χ2n) is 4.69. The lowest BCUT2D eigenvalue weighted by molar-refractivity contribution is 0.0600. The molecule has 1 aromatic rings. The maximum absolute atomic E-state index is 11.5. The summed E-state index contributed by atoms with van der Waals surface area (Å²) in [6.07, 6.45) is 2.38. The van der Waals surface area contributed by atoms with Crippen LogP contribution in [-0.4, -0.2) is 37.1 Å². The van der Waals surface area contributed by atoms with Crippen LogP contribution in [0.3, 0.4) is 0 Å². The van der Waals surface area contributed by atoms with E-state index >= 15 is 0 Å². The Morgan fingerprint density at radius 1 is 1.53 bits per heavy atom. The number of likely N-dealkylation sites (tertiary alicyclic amines) is 1. The molecule has 2 N–H and O–H groups in total. The van der Waals surface area contributed by atoms with Gasteiger partial charge in [0.15, 0.2) is 0 Å². The van der Waals surface area contributed by atoms with Gasteiger partial charge in [-0.05, 0) is 37.1 Å². The van der Waals surface area contributed by atoms with Gasteiger partial charge in [0.2, 0.25) is 0 Å². The molecule has 1 unspecified atom stereocenters. The first-order valence-corrected chi connectivity index (χ1v) is 6.36. The molecule has 0 aromatic heterocycles. The number of benzene rings is 1. The first-order chi connectivity index (χ1) is 8.74. The van der Waals surface area contributed by atoms with Crippen LogP contribution in [0, 0.1) is 0 Å². The summed E-state index contributed by atoms with van der Waals surface area (Å²) in [5, 5.41) is 0. The van der Waals surface area contributed by atoms with Crippen LogP contribution in [0.5, 0.6) is 0 Å². The lowest BCUT2D eigenvalue weighted by Crippen LogP contribution is -2.34. The number of halogens is 1. The molecule has 0 spiro atoms. The molecule has 5 heteroatoms. The molecule has 1 aliphatic rings. The Kier molecular flexibility index (Phi) is 6.28. The average Bonchev–Trinajstić information content (AvgIpc) is 2.85. The van der Waals surface area contributed by atoms with E-state index in [-0.39, 0.29) is 18.4 Å². The standard InChI is InChI=1S/C14H20N2O2.ClH/c1-18-14(17)12-5-2-4-11(8-12)10-16-7-3-6-13(16)9-15;/h2,4-5,8,13H,3,6-7,9-10,15H2,1H3;1H. The fraction of sp³-hybridized carbons (Fsp3) is 0.500. The molecule has 1 aromatic carbocycles. The molecule has 0 bridgehead atoms. The minimum absolute atomic E-state index is 0. The number of hydrogen-bond acceptors (Lipinski definition) is 4. The number of nitrogens with zero attached hydrogens (tertiary/aromatic N) is 1. The molecule has 0 saturated carbocycles. The van der Waals surface area contributed by atoms with Crippen LogP contribution in [0.1, 0.15) is 28.8 Å². The predicted molar refractivity (Wildman–Crippen MR) is 77.5 cm³/mol. The number of carbonyl (C=O) groups excluding carboxylic acids is 1. The van der Waals surface area contributed by atoms with Gasteiger partial charge in [-0.15, -0.1) is 12.4 Å². The third-order valence-electron chi connectivity index (χ3n) is 3.50. The van der Waals surface area contributed by atoms with Crippen LogP contribution < -0.4 is 5.73 Å². The van der Waals surface area contributed by atoms with Gasteiger partial charge in [-0.25, -0.2) is 4.79 Å². The summed E-state index contributed by atoms with van der Waals surface area (Å²) < 4.78 is 4.73. The van der Waals surface area contributed by atoms with Crippen molar-refractivity contribution in [2.24, 2.45) is 5.73 Å². The monoisotopic (exact) mass is 284 g/mol. The van der Waals surface area contributed by atoms with Gasteiger partial charge in [-0.3, -0.25) is 4.90 Å². The summed E-state index contributed by atoms with van der Waals surface area (Å²) in [6, 6.07) is 8.09. The van der Waals surface area contributed by atoms with Gasteiger partial charge in [0.05, 0.1) is 12.7 Å². The van der Waals surface area contributed by atoms with Gasteiger partial charge >= 0.3 is 5.97 Å². The molecule has 0 amide bonds. The number of methoxy groups -OCH3 is 1. The molecule has 4 nitrogen and oxygen atoms in total. The molecule has 106 valence electrons. The van der Waals surface area contributed by atoms with Crippen LogP contribution in [-0.2, 0) is 11.3 Å². The first-order valence-electron chi connectivity index (χ1n) is 6.36. The summed E-state index contributed by atoms with van der Waals surface area (Å²) in [5.41, 5.74) is 7.51. The Bertz CT molecular complexity index is 426. The number of carbonyl (C=O) groups is 1. The quantitative estimate of drug-likeness (QED) is 0.857. The molecule has 1 aliphatic heterocycles. The number of hydrogen-bond donors (Lipinski definition) is 1. The van der Waals surface area contributed by atoms with Crippen molar-refractivity contribution < 1.29 is 9.53 Å². The third-order valence-corrected chi connectivity index (χ3v) is 3.50. The Balaban J connectivity index is 0.00000180. The second kappa shape index (κ2) is 7.48. The molecule has 1 heterocycles. The van der Waals surface area contributed by atoms with E-state index in [0.717, 1.165) is 18.7 Å². The fourth-order valence-corrected chi connectivity index (χ4v) is 2.52. The van der Waals surface area contributed by atoms with Gasteiger partial charge in [-0.1, -0.05) is 12.1 Å². The molecular formula is C14H21ClN2O2. The average molecular weight is 285 g/mol. The summed E-state index contributed by atoms with van der Waals surface area (Å²) in [7, 11) is 1.40. The Hall–Kier alpha value is -1.10. The van der Waals surface area contributed by atoms with Crippen molar-refractivity contribution >= 4 is 18.4 Å². The van der Waals surface area contributed by atoms with E-state index in [1.54, 1.807) is 6.07 Å². The van der Waals surface area contributed by atoms with E-state index < -0.39 is 0 Å². The Labute approximate surface area is 120 Å². The minimum Gasteiger partial charge on any atom is -0.465 e. The number of rotatable bonds is 4. The smallest absolute Gasteiger partial charge is 0.337 e. The Morgan fingerprint density at radius 3 is 3.00 bits per heavy atom. The molecule has 1 fully saturated rings. The van der Waals surface area contributed by atoms with E-state index in [1.807, 2.05) is 18.2 Å². The molecule has 0 radical (unpaired) electrons. The van der Waals surface area contributed by atoms with Crippen molar-refractivity contribution in [3.63, 3.8) is 0 Å². The zero-order valence-electron chi connectivity index (χ0n) is 11.2. The summed E-state index contributed by atoms with van der Waals surface area (Å²) in [4.78, 5) is 13.9. The van der Waals surface area contributed by atoms with Crippen molar-refractivity contribution in [3.05, 3.63) is 35.4 Å². The first kappa shape index (κ1) is 16.0. The van der Waals surface area contributed by atoms with Crippen LogP contribution in [0.4, 0.5) is 0 Å². The van der Waals surface area contributed by atoms with Crippen molar-refractivity contribution in [1.82, 2.24) is 4.90 Å². The number of esters is 1. The van der Waals surface area contributed by atoms with Crippen LogP contribution in [0.25, 0.3) is 0 Å². The largest absolute Gasteiger partial charge is 0.465 e. The van der Waals surface area contributed by atoms with Gasteiger partial charge in [-0.2, -0.15) is 0 Å². The number of nitrogens with two attached hydrogens (primary N) is 1. The maximum atomic E-state index is 11.5. The van der Waals surface area contributed by atoms with Crippen molar-refractivity contribution in [3.8, 4) is 0 Å². The molecular weight excluding hydrogens is 264 g/mol. The predicted octanol–water partition coefficient (Wildman–Crippen LogP) is 1.82. The van der Waals surface area contributed by atoms with Crippen LogP contribution in [0.15, 0.2) is 24.3 Å². The van der Waals surface area contributed by atoms with E-state index in [1.165, 1.54) is 20.0 Å². The second-order valence-corrected chi connectivity index (χ2v) is 4.69. The van der Waals surface area contributed by atoms with E-state index in [2.05, 4.69) is 4.90 Å². The summed E-state index contributed by atoms with van der Waals surface area (Å²) >= 11 is 0. The number of ether oxygens (including phenoxy) is 1. The maximum Gasteiger partial charge on any atom is 0.337 e.